The molecule has 110 valence electrons. The summed E-state index contributed by atoms with van der Waals surface area (Å²) < 4.78 is 24.9. The largest absolute Gasteiger partial charge is 0.478 e. The number of carbonyl (C=O) groups is 1. The first-order chi connectivity index (χ1) is 9.96. The average Bonchev–Trinajstić information content (AvgIpc) is 2.48. The molecule has 0 fully saturated rings. The fraction of sp³-hybridized carbons (Fsp3) is 0.200. The van der Waals surface area contributed by atoms with Crippen LogP contribution in [0.3, 0.4) is 0 Å². The van der Waals surface area contributed by atoms with E-state index in [1.807, 2.05) is 6.92 Å². The van der Waals surface area contributed by atoms with Crippen molar-refractivity contribution < 1.29 is 18.3 Å². The molecule has 0 saturated heterocycles. The van der Waals surface area contributed by atoms with E-state index in [2.05, 4.69) is 4.98 Å². The fourth-order valence-corrected chi connectivity index (χ4v) is 3.21. The molecule has 1 heterocycles. The number of hydrogen-bond acceptors (Lipinski definition) is 4. The average molecular weight is 305 g/mol. The zero-order chi connectivity index (χ0) is 15.5. The Balaban J connectivity index is 2.55. The van der Waals surface area contributed by atoms with Crippen molar-refractivity contribution in [2.45, 2.75) is 29.7 Å². The summed E-state index contributed by atoms with van der Waals surface area (Å²) in [7, 11) is -3.73. The van der Waals surface area contributed by atoms with Gasteiger partial charge in [-0.1, -0.05) is 31.5 Å². The molecule has 0 radical (unpaired) electrons. The molecule has 6 heteroatoms. The van der Waals surface area contributed by atoms with Crippen molar-refractivity contribution >= 4 is 15.8 Å². The van der Waals surface area contributed by atoms with Gasteiger partial charge >= 0.3 is 5.97 Å². The maximum absolute atomic E-state index is 12.5. The molecule has 1 aromatic carbocycles. The van der Waals surface area contributed by atoms with Gasteiger partial charge in [-0.15, -0.1) is 0 Å². The third-order valence-corrected chi connectivity index (χ3v) is 4.67. The second kappa shape index (κ2) is 6.05. The van der Waals surface area contributed by atoms with E-state index in [9.17, 15) is 13.2 Å². The van der Waals surface area contributed by atoms with E-state index in [0.717, 1.165) is 0 Å². The Labute approximate surface area is 123 Å². The third kappa shape index (κ3) is 3.11. The lowest BCUT2D eigenvalue weighted by Gasteiger charge is -2.08. The third-order valence-electron chi connectivity index (χ3n) is 2.99. The van der Waals surface area contributed by atoms with Gasteiger partial charge in [0, 0.05) is 0 Å². The highest BCUT2D eigenvalue weighted by molar-refractivity contribution is 7.91. The Bertz CT molecular complexity index is 754. The SMILES string of the molecule is CCCc1nc(S(=O)(=O)c2ccccc2)ccc1C(=O)O. The number of aromatic nitrogens is 1. The van der Waals surface area contributed by atoms with Crippen molar-refractivity contribution in [2.24, 2.45) is 0 Å². The molecule has 1 N–H and O–H groups in total. The summed E-state index contributed by atoms with van der Waals surface area (Å²) >= 11 is 0. The van der Waals surface area contributed by atoms with E-state index in [1.54, 1.807) is 18.2 Å². The Morgan fingerprint density at radius 1 is 1.14 bits per heavy atom. The summed E-state index contributed by atoms with van der Waals surface area (Å²) in [6.45, 7) is 1.88. The lowest BCUT2D eigenvalue weighted by Crippen LogP contribution is -2.10. The van der Waals surface area contributed by atoms with Crippen LogP contribution in [0.2, 0.25) is 0 Å². The maximum Gasteiger partial charge on any atom is 0.337 e. The Hall–Kier alpha value is -2.21. The van der Waals surface area contributed by atoms with Gasteiger partial charge in [-0.05, 0) is 30.7 Å². The number of hydrogen-bond donors (Lipinski definition) is 1. The summed E-state index contributed by atoms with van der Waals surface area (Å²) in [5, 5.41) is 8.99. The molecule has 0 spiro atoms. The molecular formula is C15H15NO4S. The van der Waals surface area contributed by atoms with E-state index in [0.29, 0.717) is 18.5 Å². The highest BCUT2D eigenvalue weighted by Crippen LogP contribution is 2.21. The van der Waals surface area contributed by atoms with Crippen molar-refractivity contribution in [3.8, 4) is 0 Å². The monoisotopic (exact) mass is 305 g/mol. The zero-order valence-corrected chi connectivity index (χ0v) is 12.3. The summed E-state index contributed by atoms with van der Waals surface area (Å²) in [6.07, 6.45) is 1.10. The maximum atomic E-state index is 12.5. The fourth-order valence-electron chi connectivity index (χ4n) is 1.97. The number of aryl methyl sites for hydroxylation is 1. The van der Waals surface area contributed by atoms with E-state index in [-0.39, 0.29) is 15.5 Å². The van der Waals surface area contributed by atoms with Crippen molar-refractivity contribution in [1.29, 1.82) is 0 Å². The van der Waals surface area contributed by atoms with Crippen LogP contribution < -0.4 is 0 Å². The van der Waals surface area contributed by atoms with Gasteiger partial charge in [-0.3, -0.25) is 0 Å². The molecule has 21 heavy (non-hydrogen) atoms. The Morgan fingerprint density at radius 3 is 2.38 bits per heavy atom. The molecule has 0 amide bonds. The highest BCUT2D eigenvalue weighted by Gasteiger charge is 2.21. The molecule has 5 nitrogen and oxygen atoms in total. The van der Waals surface area contributed by atoms with Crippen molar-refractivity contribution in [2.75, 3.05) is 0 Å². The number of benzene rings is 1. The van der Waals surface area contributed by atoms with Gasteiger partial charge in [0.05, 0.1) is 16.2 Å². The second-order valence-electron chi connectivity index (χ2n) is 4.52. The van der Waals surface area contributed by atoms with E-state index in [4.69, 9.17) is 5.11 Å². The zero-order valence-electron chi connectivity index (χ0n) is 11.5. The van der Waals surface area contributed by atoms with Crippen molar-refractivity contribution in [3.05, 3.63) is 53.7 Å². The van der Waals surface area contributed by atoms with Crippen LogP contribution in [0.15, 0.2) is 52.4 Å². The molecule has 2 aromatic rings. The topological polar surface area (TPSA) is 84.3 Å². The minimum atomic E-state index is -3.73. The summed E-state index contributed by atoms with van der Waals surface area (Å²) in [5.74, 6) is -1.10. The minimum Gasteiger partial charge on any atom is -0.478 e. The predicted molar refractivity (Wildman–Crippen MR) is 77.1 cm³/mol. The predicted octanol–water partition coefficient (Wildman–Crippen LogP) is 2.57. The van der Waals surface area contributed by atoms with Crippen molar-refractivity contribution in [1.82, 2.24) is 4.98 Å². The first-order valence-electron chi connectivity index (χ1n) is 6.50. The number of carboxylic acids is 1. The highest BCUT2D eigenvalue weighted by atomic mass is 32.2. The van der Waals surface area contributed by atoms with Crippen LogP contribution in [-0.4, -0.2) is 24.5 Å². The second-order valence-corrected chi connectivity index (χ2v) is 6.41. The molecule has 0 saturated carbocycles. The number of nitrogens with zero attached hydrogens (tertiary/aromatic N) is 1. The first-order valence-corrected chi connectivity index (χ1v) is 7.98. The molecule has 0 aliphatic carbocycles. The molecule has 2 rings (SSSR count). The Morgan fingerprint density at radius 2 is 1.81 bits per heavy atom. The molecular weight excluding hydrogens is 290 g/mol. The Kier molecular flexibility index (Phi) is 4.37. The number of carboxylic acid groups (broad SMARTS) is 1. The number of pyridine rings is 1. The number of rotatable bonds is 5. The smallest absolute Gasteiger partial charge is 0.337 e. The summed E-state index contributed by atoms with van der Waals surface area (Å²) in [4.78, 5) is 15.3. The van der Waals surface area contributed by atoms with E-state index in [1.165, 1.54) is 24.3 Å². The van der Waals surface area contributed by atoms with Gasteiger partial charge in [0.1, 0.15) is 0 Å². The molecule has 1 aromatic heterocycles. The van der Waals surface area contributed by atoms with Gasteiger partial charge in [-0.25, -0.2) is 18.2 Å². The van der Waals surface area contributed by atoms with Gasteiger partial charge in [0.2, 0.25) is 9.84 Å². The van der Waals surface area contributed by atoms with E-state index >= 15 is 0 Å². The van der Waals surface area contributed by atoms with Crippen LogP contribution in [0.25, 0.3) is 0 Å². The van der Waals surface area contributed by atoms with Crippen LogP contribution >= 0.6 is 0 Å². The summed E-state index contributed by atoms with van der Waals surface area (Å²) in [5.41, 5.74) is 0.339. The number of aromatic carboxylic acids is 1. The normalized spacial score (nSPS) is 11.3. The summed E-state index contributed by atoms with van der Waals surface area (Å²) in [6, 6.07) is 10.5. The van der Waals surface area contributed by atoms with Gasteiger partial charge in [-0.2, -0.15) is 0 Å². The number of sulfone groups is 1. The first kappa shape index (κ1) is 15.2. The van der Waals surface area contributed by atoms with E-state index < -0.39 is 15.8 Å². The van der Waals surface area contributed by atoms with Gasteiger partial charge in [0.25, 0.3) is 0 Å². The molecule has 0 unspecified atom stereocenters. The quantitative estimate of drug-likeness (QED) is 0.917. The lowest BCUT2D eigenvalue weighted by molar-refractivity contribution is 0.0695. The van der Waals surface area contributed by atoms with Gasteiger partial charge in [0.15, 0.2) is 5.03 Å². The molecule has 0 aliphatic rings. The molecule has 0 atom stereocenters. The standard InChI is InChI=1S/C15H15NO4S/c1-2-6-13-12(15(17)18)9-10-14(16-13)21(19,20)11-7-4-3-5-8-11/h3-5,7-10H,2,6H2,1H3,(H,17,18). The molecule has 0 aliphatic heterocycles. The van der Waals surface area contributed by atoms with Crippen LogP contribution in [0.5, 0.6) is 0 Å². The van der Waals surface area contributed by atoms with Gasteiger partial charge < -0.3 is 5.11 Å². The van der Waals surface area contributed by atoms with Crippen LogP contribution in [0, 0.1) is 0 Å². The van der Waals surface area contributed by atoms with Crippen LogP contribution in [0.1, 0.15) is 29.4 Å². The van der Waals surface area contributed by atoms with Crippen LogP contribution in [-0.2, 0) is 16.3 Å². The van der Waals surface area contributed by atoms with Crippen molar-refractivity contribution in [3.63, 3.8) is 0 Å². The molecule has 0 bridgehead atoms. The minimum absolute atomic E-state index is 0.0452. The van der Waals surface area contributed by atoms with Crippen LogP contribution in [0.4, 0.5) is 0 Å². The lowest BCUT2D eigenvalue weighted by atomic mass is 10.1.